The first-order chi connectivity index (χ1) is 14.7. The van der Waals surface area contributed by atoms with Crippen LogP contribution in [0.1, 0.15) is 44.2 Å². The number of fused-ring (bicyclic) bond motifs is 1. The van der Waals surface area contributed by atoms with Crippen molar-refractivity contribution in [2.45, 2.75) is 52.2 Å². The van der Waals surface area contributed by atoms with Crippen LogP contribution in [0.25, 0.3) is 0 Å². The van der Waals surface area contributed by atoms with Crippen LogP contribution in [0.2, 0.25) is 0 Å². The van der Waals surface area contributed by atoms with Crippen molar-refractivity contribution >= 4 is 29.9 Å². The summed E-state index contributed by atoms with van der Waals surface area (Å²) in [5.74, 6) is 3.31. The molecule has 1 aromatic carbocycles. The van der Waals surface area contributed by atoms with Crippen LogP contribution in [0, 0.1) is 5.92 Å². The molecule has 0 radical (unpaired) electrons. The molecule has 31 heavy (non-hydrogen) atoms. The molecule has 0 bridgehead atoms. The molecule has 7 nitrogen and oxygen atoms in total. The Morgan fingerprint density at radius 2 is 2.03 bits per heavy atom. The van der Waals surface area contributed by atoms with Gasteiger partial charge in [0.25, 0.3) is 0 Å². The van der Waals surface area contributed by atoms with Gasteiger partial charge in [-0.2, -0.15) is 0 Å². The minimum absolute atomic E-state index is 0. The average Bonchev–Trinajstić information content (AvgIpc) is 3.12. The maximum Gasteiger partial charge on any atom is 0.191 e. The SMILES string of the molecule is CCOc1cc2c(cc1CNC(=NC)NCCCOCC1CCOCC1)OC(C)C2.I. The van der Waals surface area contributed by atoms with E-state index in [0.717, 1.165) is 81.7 Å². The zero-order valence-corrected chi connectivity index (χ0v) is 21.4. The van der Waals surface area contributed by atoms with E-state index < -0.39 is 0 Å². The molecule has 176 valence electrons. The molecule has 1 fully saturated rings. The smallest absolute Gasteiger partial charge is 0.191 e. The van der Waals surface area contributed by atoms with Crippen LogP contribution in [0.3, 0.4) is 0 Å². The highest BCUT2D eigenvalue weighted by atomic mass is 127. The van der Waals surface area contributed by atoms with Gasteiger partial charge >= 0.3 is 0 Å². The van der Waals surface area contributed by atoms with Crippen molar-refractivity contribution in [3.63, 3.8) is 0 Å². The summed E-state index contributed by atoms with van der Waals surface area (Å²) in [6.07, 6.45) is 4.33. The molecule has 0 aromatic heterocycles. The van der Waals surface area contributed by atoms with Crippen LogP contribution in [0.5, 0.6) is 11.5 Å². The van der Waals surface area contributed by atoms with Gasteiger partial charge in [-0.1, -0.05) is 0 Å². The molecule has 3 rings (SSSR count). The van der Waals surface area contributed by atoms with Gasteiger partial charge in [0.05, 0.1) is 6.61 Å². The zero-order chi connectivity index (χ0) is 21.2. The second kappa shape index (κ2) is 14.0. The number of hydrogen-bond donors (Lipinski definition) is 2. The Hall–Kier alpha value is -1.26. The highest BCUT2D eigenvalue weighted by Crippen LogP contribution is 2.35. The summed E-state index contributed by atoms with van der Waals surface area (Å²) in [5.41, 5.74) is 2.30. The Morgan fingerprint density at radius 1 is 1.23 bits per heavy atom. The molecule has 1 aromatic rings. The molecular formula is C23H38IN3O4. The number of rotatable bonds is 10. The van der Waals surface area contributed by atoms with Gasteiger partial charge in [0.2, 0.25) is 0 Å². The Kier molecular flexibility index (Phi) is 11.7. The molecular weight excluding hydrogens is 509 g/mol. The van der Waals surface area contributed by atoms with Crippen molar-refractivity contribution in [1.29, 1.82) is 0 Å². The molecule has 0 amide bonds. The van der Waals surface area contributed by atoms with Gasteiger partial charge in [-0.3, -0.25) is 4.99 Å². The molecule has 2 aliphatic heterocycles. The number of benzene rings is 1. The van der Waals surface area contributed by atoms with Gasteiger partial charge in [0.15, 0.2) is 5.96 Å². The minimum atomic E-state index is 0. The lowest BCUT2D eigenvalue weighted by molar-refractivity contribution is 0.0203. The van der Waals surface area contributed by atoms with Gasteiger partial charge in [-0.05, 0) is 51.2 Å². The second-order valence-corrected chi connectivity index (χ2v) is 7.97. The third-order valence-corrected chi connectivity index (χ3v) is 5.50. The van der Waals surface area contributed by atoms with E-state index in [4.69, 9.17) is 18.9 Å². The van der Waals surface area contributed by atoms with Crippen molar-refractivity contribution in [3.05, 3.63) is 23.3 Å². The summed E-state index contributed by atoms with van der Waals surface area (Å²) in [4.78, 5) is 4.32. The van der Waals surface area contributed by atoms with Crippen LogP contribution >= 0.6 is 24.0 Å². The predicted octanol–water partition coefficient (Wildman–Crippen LogP) is 3.53. The van der Waals surface area contributed by atoms with Crippen LogP contribution < -0.4 is 20.1 Å². The van der Waals surface area contributed by atoms with Gasteiger partial charge < -0.3 is 29.6 Å². The largest absolute Gasteiger partial charge is 0.494 e. The van der Waals surface area contributed by atoms with Crippen LogP contribution in [-0.2, 0) is 22.4 Å². The fourth-order valence-corrected chi connectivity index (χ4v) is 3.85. The molecule has 2 heterocycles. The van der Waals surface area contributed by atoms with Crippen LogP contribution in [0.15, 0.2) is 17.1 Å². The number of ether oxygens (including phenoxy) is 4. The Bertz CT molecular complexity index is 696. The van der Waals surface area contributed by atoms with Crippen molar-refractivity contribution in [1.82, 2.24) is 10.6 Å². The van der Waals surface area contributed by atoms with Gasteiger partial charge in [0, 0.05) is 64.1 Å². The monoisotopic (exact) mass is 547 g/mol. The maximum atomic E-state index is 5.91. The van der Waals surface area contributed by atoms with Crippen molar-refractivity contribution in [3.8, 4) is 11.5 Å². The third-order valence-electron chi connectivity index (χ3n) is 5.50. The summed E-state index contributed by atoms with van der Waals surface area (Å²) < 4.78 is 23.0. The summed E-state index contributed by atoms with van der Waals surface area (Å²) in [6.45, 7) is 9.53. The Morgan fingerprint density at radius 3 is 2.77 bits per heavy atom. The second-order valence-electron chi connectivity index (χ2n) is 7.97. The van der Waals surface area contributed by atoms with E-state index in [1.54, 1.807) is 7.05 Å². The van der Waals surface area contributed by atoms with E-state index in [1.807, 2.05) is 6.92 Å². The standard InChI is InChI=1S/C23H37N3O4.HI/c1-4-29-21-13-19-12-17(2)30-22(19)14-20(21)15-26-23(24-3)25-8-5-9-28-16-18-6-10-27-11-7-18;/h13-14,17-18H,4-12,15-16H2,1-3H3,(H2,24,25,26);1H. The average molecular weight is 547 g/mol. The quantitative estimate of drug-likeness (QED) is 0.202. The summed E-state index contributed by atoms with van der Waals surface area (Å²) in [7, 11) is 1.79. The minimum Gasteiger partial charge on any atom is -0.494 e. The highest BCUT2D eigenvalue weighted by molar-refractivity contribution is 14.0. The van der Waals surface area contributed by atoms with Crippen molar-refractivity contribution in [2.24, 2.45) is 10.9 Å². The first-order valence-corrected chi connectivity index (χ1v) is 11.2. The van der Waals surface area contributed by atoms with Crippen molar-refractivity contribution in [2.75, 3.05) is 46.6 Å². The van der Waals surface area contributed by atoms with Crippen LogP contribution in [-0.4, -0.2) is 58.7 Å². The summed E-state index contributed by atoms with van der Waals surface area (Å²) in [6, 6.07) is 4.21. The van der Waals surface area contributed by atoms with E-state index in [9.17, 15) is 0 Å². The normalized spacial score (nSPS) is 18.7. The molecule has 0 spiro atoms. The number of aliphatic imine (C=N–C) groups is 1. The highest BCUT2D eigenvalue weighted by Gasteiger charge is 2.22. The maximum absolute atomic E-state index is 5.91. The molecule has 1 atom stereocenters. The number of halogens is 1. The molecule has 0 saturated carbocycles. The molecule has 0 aliphatic carbocycles. The summed E-state index contributed by atoms with van der Waals surface area (Å²) in [5, 5.41) is 6.73. The molecule has 1 unspecified atom stereocenters. The van der Waals surface area contributed by atoms with E-state index in [0.29, 0.717) is 19.1 Å². The third kappa shape index (κ3) is 8.31. The molecule has 1 saturated heterocycles. The number of hydrogen-bond acceptors (Lipinski definition) is 5. The Balaban J connectivity index is 0.00000341. The van der Waals surface area contributed by atoms with Crippen LogP contribution in [0.4, 0.5) is 0 Å². The van der Waals surface area contributed by atoms with Crippen molar-refractivity contribution < 1.29 is 18.9 Å². The van der Waals surface area contributed by atoms with E-state index in [1.165, 1.54) is 5.56 Å². The first kappa shape index (κ1) is 26.0. The zero-order valence-electron chi connectivity index (χ0n) is 19.1. The topological polar surface area (TPSA) is 73.3 Å². The van der Waals surface area contributed by atoms with E-state index >= 15 is 0 Å². The Labute approximate surface area is 203 Å². The lowest BCUT2D eigenvalue weighted by Gasteiger charge is -2.21. The molecule has 8 heteroatoms. The summed E-state index contributed by atoms with van der Waals surface area (Å²) >= 11 is 0. The van der Waals surface area contributed by atoms with E-state index in [-0.39, 0.29) is 30.1 Å². The van der Waals surface area contributed by atoms with Gasteiger partial charge in [-0.25, -0.2) is 0 Å². The predicted molar refractivity (Wildman–Crippen MR) is 134 cm³/mol. The fourth-order valence-electron chi connectivity index (χ4n) is 3.85. The number of guanidine groups is 1. The lowest BCUT2D eigenvalue weighted by Crippen LogP contribution is -2.37. The van der Waals surface area contributed by atoms with E-state index in [2.05, 4.69) is 34.7 Å². The molecule has 2 aliphatic rings. The lowest BCUT2D eigenvalue weighted by atomic mass is 10.0. The van der Waals surface area contributed by atoms with Gasteiger partial charge in [0.1, 0.15) is 17.6 Å². The first-order valence-electron chi connectivity index (χ1n) is 11.2. The number of nitrogens with zero attached hydrogens (tertiary/aromatic N) is 1. The molecule has 2 N–H and O–H groups in total. The number of nitrogens with one attached hydrogen (secondary N) is 2. The van der Waals surface area contributed by atoms with Gasteiger partial charge in [-0.15, -0.1) is 24.0 Å². The fraction of sp³-hybridized carbons (Fsp3) is 0.696.